The average molecular weight is 350 g/mol. The number of carboxylic acids is 1. The largest absolute Gasteiger partial charge is 0.488 e. The molecule has 3 heteroatoms. The molecule has 0 amide bonds. The molecule has 0 unspecified atom stereocenters. The van der Waals surface area contributed by atoms with Crippen LogP contribution in [0.1, 0.15) is 68.1 Å². The van der Waals surface area contributed by atoms with Crippen LogP contribution in [-0.2, 0) is 5.41 Å². The Balaban J connectivity index is 1.94. The van der Waals surface area contributed by atoms with Crippen LogP contribution in [-0.4, -0.2) is 16.7 Å². The van der Waals surface area contributed by atoms with E-state index in [0.29, 0.717) is 5.56 Å². The smallest absolute Gasteiger partial charge is 0.335 e. The van der Waals surface area contributed by atoms with Gasteiger partial charge in [0.15, 0.2) is 0 Å². The number of carbonyl (C=O) groups is 1. The molecule has 0 spiro atoms. The van der Waals surface area contributed by atoms with Crippen molar-refractivity contribution >= 4 is 17.6 Å². The molecule has 1 aliphatic heterocycles. The predicted octanol–water partition coefficient (Wildman–Crippen LogP) is 5.78. The Morgan fingerprint density at radius 2 is 1.65 bits per heavy atom. The summed E-state index contributed by atoms with van der Waals surface area (Å²) in [6.07, 6.45) is 3.05. The lowest BCUT2D eigenvalue weighted by molar-refractivity contribution is 0.0534. The van der Waals surface area contributed by atoms with Gasteiger partial charge >= 0.3 is 5.97 Å². The summed E-state index contributed by atoms with van der Waals surface area (Å²) in [5, 5.41) is 9.01. The summed E-state index contributed by atoms with van der Waals surface area (Å²) >= 11 is 0. The lowest BCUT2D eigenvalue weighted by Gasteiger charge is -2.42. The maximum absolute atomic E-state index is 11.0. The van der Waals surface area contributed by atoms with Crippen molar-refractivity contribution in [2.45, 2.75) is 52.1 Å². The molecule has 1 heterocycles. The molecule has 0 saturated heterocycles. The Bertz CT molecular complexity index is 871. The molecule has 1 aliphatic rings. The van der Waals surface area contributed by atoms with Crippen LogP contribution < -0.4 is 4.74 Å². The standard InChI is InChI=1S/C23H26O3/c1-15(12-16-6-8-17(9-7-16)21(24)25)18-10-11-20-19(13-18)22(2,3)14-23(4,5)26-20/h6-13H,14H2,1-5H3,(H,24,25). The van der Waals surface area contributed by atoms with Crippen LogP contribution in [0.4, 0.5) is 0 Å². The highest BCUT2D eigenvalue weighted by molar-refractivity contribution is 5.88. The molecule has 0 aromatic heterocycles. The zero-order valence-corrected chi connectivity index (χ0v) is 16.1. The van der Waals surface area contributed by atoms with E-state index < -0.39 is 5.97 Å². The monoisotopic (exact) mass is 350 g/mol. The summed E-state index contributed by atoms with van der Waals surface area (Å²) < 4.78 is 6.17. The maximum Gasteiger partial charge on any atom is 0.335 e. The quantitative estimate of drug-likeness (QED) is 0.713. The van der Waals surface area contributed by atoms with Crippen molar-refractivity contribution in [1.82, 2.24) is 0 Å². The normalized spacial score (nSPS) is 18.0. The van der Waals surface area contributed by atoms with Crippen LogP contribution in [0.25, 0.3) is 11.6 Å². The minimum absolute atomic E-state index is 0.0521. The summed E-state index contributed by atoms with van der Waals surface area (Å²) in [4.78, 5) is 11.0. The first-order valence-electron chi connectivity index (χ1n) is 8.93. The fourth-order valence-corrected chi connectivity index (χ4v) is 3.94. The van der Waals surface area contributed by atoms with Crippen molar-refractivity contribution in [3.8, 4) is 5.75 Å². The molecule has 0 fully saturated rings. The number of ether oxygens (including phenoxy) is 1. The Labute approximate surface area is 155 Å². The number of carboxylic acid groups (broad SMARTS) is 1. The van der Waals surface area contributed by atoms with Crippen LogP contribution in [0.2, 0.25) is 0 Å². The molecule has 0 aliphatic carbocycles. The molecule has 26 heavy (non-hydrogen) atoms. The number of rotatable bonds is 3. The number of hydrogen-bond acceptors (Lipinski definition) is 2. The molecule has 0 bridgehead atoms. The van der Waals surface area contributed by atoms with E-state index in [-0.39, 0.29) is 11.0 Å². The van der Waals surface area contributed by atoms with Crippen molar-refractivity contribution in [3.05, 3.63) is 64.7 Å². The fraction of sp³-hybridized carbons (Fsp3) is 0.348. The second-order valence-corrected chi connectivity index (χ2v) is 8.39. The number of benzene rings is 2. The molecule has 3 nitrogen and oxygen atoms in total. The fourth-order valence-electron chi connectivity index (χ4n) is 3.94. The number of allylic oxidation sites excluding steroid dienone is 1. The van der Waals surface area contributed by atoms with Crippen LogP contribution in [0.3, 0.4) is 0 Å². The molecule has 136 valence electrons. The van der Waals surface area contributed by atoms with Crippen molar-refractivity contribution < 1.29 is 14.6 Å². The first kappa shape index (κ1) is 18.2. The van der Waals surface area contributed by atoms with Crippen LogP contribution >= 0.6 is 0 Å². The van der Waals surface area contributed by atoms with E-state index in [1.54, 1.807) is 12.1 Å². The lowest BCUT2D eigenvalue weighted by Crippen LogP contribution is -2.41. The topological polar surface area (TPSA) is 46.5 Å². The van der Waals surface area contributed by atoms with Gasteiger partial charge in [-0.25, -0.2) is 4.79 Å². The summed E-state index contributed by atoms with van der Waals surface area (Å²) in [5.74, 6) is 0.0608. The molecule has 0 atom stereocenters. The van der Waals surface area contributed by atoms with E-state index in [2.05, 4.69) is 58.9 Å². The second-order valence-electron chi connectivity index (χ2n) is 8.39. The molecule has 3 rings (SSSR count). The molecule has 2 aromatic carbocycles. The zero-order chi connectivity index (χ0) is 19.1. The van der Waals surface area contributed by atoms with Crippen molar-refractivity contribution in [2.75, 3.05) is 0 Å². The van der Waals surface area contributed by atoms with Crippen molar-refractivity contribution in [1.29, 1.82) is 0 Å². The summed E-state index contributed by atoms with van der Waals surface area (Å²) in [6.45, 7) is 10.9. The van der Waals surface area contributed by atoms with Gasteiger partial charge in [0.05, 0.1) is 5.56 Å². The minimum Gasteiger partial charge on any atom is -0.488 e. The first-order chi connectivity index (χ1) is 12.1. The summed E-state index contributed by atoms with van der Waals surface area (Å²) in [7, 11) is 0. The van der Waals surface area contributed by atoms with Crippen molar-refractivity contribution in [2.24, 2.45) is 0 Å². The van der Waals surface area contributed by atoms with Gasteiger partial charge in [0, 0.05) is 5.56 Å². The summed E-state index contributed by atoms with van der Waals surface area (Å²) in [5.41, 5.74) is 4.71. The molecule has 0 radical (unpaired) electrons. The van der Waals surface area contributed by atoms with E-state index in [9.17, 15) is 4.79 Å². The molecular weight excluding hydrogens is 324 g/mol. The molecule has 0 saturated carbocycles. The van der Waals surface area contributed by atoms with Gasteiger partial charge in [0.25, 0.3) is 0 Å². The maximum atomic E-state index is 11.0. The Hall–Kier alpha value is -2.55. The van der Waals surface area contributed by atoms with E-state index in [4.69, 9.17) is 9.84 Å². The third-order valence-electron chi connectivity index (χ3n) is 4.96. The number of fused-ring (bicyclic) bond motifs is 1. The van der Waals surface area contributed by atoms with Gasteiger partial charge < -0.3 is 9.84 Å². The van der Waals surface area contributed by atoms with Gasteiger partial charge in [-0.05, 0) is 73.6 Å². The zero-order valence-electron chi connectivity index (χ0n) is 16.1. The van der Waals surface area contributed by atoms with Crippen molar-refractivity contribution in [3.63, 3.8) is 0 Å². The molecule has 2 aromatic rings. The molecular formula is C23H26O3. The highest BCUT2D eigenvalue weighted by atomic mass is 16.5. The van der Waals surface area contributed by atoms with E-state index in [1.165, 1.54) is 5.56 Å². The van der Waals surface area contributed by atoms with E-state index in [0.717, 1.165) is 28.9 Å². The average Bonchev–Trinajstić information content (AvgIpc) is 2.53. The second kappa shape index (κ2) is 6.31. The van der Waals surface area contributed by atoms with Crippen LogP contribution in [0, 0.1) is 0 Å². The van der Waals surface area contributed by atoms with Gasteiger partial charge in [-0.15, -0.1) is 0 Å². The third kappa shape index (κ3) is 3.67. The molecule has 1 N–H and O–H groups in total. The van der Waals surface area contributed by atoms with Gasteiger partial charge in [0.2, 0.25) is 0 Å². The van der Waals surface area contributed by atoms with Gasteiger partial charge in [-0.3, -0.25) is 0 Å². The van der Waals surface area contributed by atoms with Crippen LogP contribution in [0.5, 0.6) is 5.75 Å². The lowest BCUT2D eigenvalue weighted by atomic mass is 9.73. The van der Waals surface area contributed by atoms with Gasteiger partial charge in [-0.1, -0.05) is 38.1 Å². The Kier molecular flexibility index (Phi) is 4.43. The number of hydrogen-bond donors (Lipinski definition) is 1. The Morgan fingerprint density at radius 3 is 2.27 bits per heavy atom. The van der Waals surface area contributed by atoms with E-state index >= 15 is 0 Å². The highest BCUT2D eigenvalue weighted by Gasteiger charge is 2.38. The SMILES string of the molecule is CC(=Cc1ccc(C(=O)O)cc1)c1ccc2c(c1)C(C)(C)CC(C)(C)O2. The highest BCUT2D eigenvalue weighted by Crippen LogP contribution is 2.45. The predicted molar refractivity (Wildman–Crippen MR) is 106 cm³/mol. The minimum atomic E-state index is -0.905. The van der Waals surface area contributed by atoms with Crippen LogP contribution in [0.15, 0.2) is 42.5 Å². The Morgan fingerprint density at radius 1 is 1.04 bits per heavy atom. The van der Waals surface area contributed by atoms with E-state index in [1.807, 2.05) is 12.1 Å². The van der Waals surface area contributed by atoms with Gasteiger partial charge in [-0.2, -0.15) is 0 Å². The summed E-state index contributed by atoms with van der Waals surface area (Å²) in [6, 6.07) is 13.3. The third-order valence-corrected chi connectivity index (χ3v) is 4.96. The first-order valence-corrected chi connectivity index (χ1v) is 8.93. The number of aromatic carboxylic acids is 1. The van der Waals surface area contributed by atoms with Gasteiger partial charge in [0.1, 0.15) is 11.4 Å².